The molecule has 3 aromatic rings. The summed E-state index contributed by atoms with van der Waals surface area (Å²) in [6, 6.07) is 18.7. The second-order valence-electron chi connectivity index (χ2n) is 9.88. The van der Waals surface area contributed by atoms with E-state index in [4.69, 9.17) is 0 Å². The number of sulfonamides is 1. The topological polar surface area (TPSA) is 66.5 Å². The number of hydrogen-bond acceptors (Lipinski definition) is 3. The highest BCUT2D eigenvalue weighted by molar-refractivity contribution is 7.92. The number of anilines is 1. The van der Waals surface area contributed by atoms with E-state index < -0.39 is 10.0 Å². The highest BCUT2D eigenvalue weighted by Crippen LogP contribution is 2.29. The number of rotatable bonds is 8. The molecule has 4 rings (SSSR count). The first-order valence-electron chi connectivity index (χ1n) is 12.8. The third-order valence-corrected chi connectivity index (χ3v) is 8.82. The molecule has 3 aromatic carbocycles. The molecule has 0 heterocycles. The van der Waals surface area contributed by atoms with Crippen molar-refractivity contribution in [2.75, 3.05) is 10.8 Å². The first-order valence-corrected chi connectivity index (χ1v) is 14.2. The van der Waals surface area contributed by atoms with Crippen LogP contribution in [-0.4, -0.2) is 20.9 Å². The summed E-state index contributed by atoms with van der Waals surface area (Å²) in [5.41, 5.74) is 7.06. The summed E-state index contributed by atoms with van der Waals surface area (Å²) in [7, 11) is -3.95. The summed E-state index contributed by atoms with van der Waals surface area (Å²) in [4.78, 5) is 13.5. The number of amides is 1. The van der Waals surface area contributed by atoms with E-state index in [9.17, 15) is 13.2 Å². The monoisotopic (exact) mass is 504 g/mol. The second-order valence-corrected chi connectivity index (χ2v) is 11.7. The van der Waals surface area contributed by atoms with E-state index in [0.717, 1.165) is 41.5 Å². The SMILES string of the molecule is CC[C@H](NC(=O)CN(c1cc(C)ccc1C)S(=O)(=O)c1ccc(C)cc1)c1ccc2c(c1)CCCC2. The summed E-state index contributed by atoms with van der Waals surface area (Å²) >= 11 is 0. The summed E-state index contributed by atoms with van der Waals surface area (Å²) in [5.74, 6) is -0.323. The van der Waals surface area contributed by atoms with Crippen molar-refractivity contribution in [3.63, 3.8) is 0 Å². The van der Waals surface area contributed by atoms with Crippen LogP contribution in [0, 0.1) is 20.8 Å². The Morgan fingerprint density at radius 1 is 0.889 bits per heavy atom. The van der Waals surface area contributed by atoms with Crippen LogP contribution < -0.4 is 9.62 Å². The van der Waals surface area contributed by atoms with Crippen LogP contribution in [0.15, 0.2) is 65.6 Å². The predicted octanol–water partition coefficient (Wildman–Crippen LogP) is 5.95. The second kappa shape index (κ2) is 10.9. The molecule has 1 amide bonds. The zero-order valence-corrected chi connectivity index (χ0v) is 22.5. The summed E-state index contributed by atoms with van der Waals surface area (Å²) < 4.78 is 28.8. The molecule has 0 fully saturated rings. The van der Waals surface area contributed by atoms with Gasteiger partial charge in [0.15, 0.2) is 0 Å². The Morgan fingerprint density at radius 3 is 2.25 bits per heavy atom. The van der Waals surface area contributed by atoms with Gasteiger partial charge in [0.05, 0.1) is 16.6 Å². The van der Waals surface area contributed by atoms with Gasteiger partial charge < -0.3 is 5.32 Å². The predicted molar refractivity (Wildman–Crippen MR) is 146 cm³/mol. The maximum atomic E-state index is 13.8. The lowest BCUT2D eigenvalue weighted by Gasteiger charge is -2.27. The van der Waals surface area contributed by atoms with Crippen LogP contribution in [-0.2, 0) is 27.7 Å². The van der Waals surface area contributed by atoms with Gasteiger partial charge in [0.2, 0.25) is 5.91 Å². The Labute approximate surface area is 215 Å². The van der Waals surface area contributed by atoms with Gasteiger partial charge in [-0.15, -0.1) is 0 Å². The van der Waals surface area contributed by atoms with Gasteiger partial charge in [0.1, 0.15) is 6.54 Å². The van der Waals surface area contributed by atoms with Gasteiger partial charge in [-0.05, 0) is 98.9 Å². The van der Waals surface area contributed by atoms with Gasteiger partial charge >= 0.3 is 0 Å². The molecule has 1 atom stereocenters. The van der Waals surface area contributed by atoms with Crippen molar-refractivity contribution in [2.45, 2.75) is 70.7 Å². The van der Waals surface area contributed by atoms with Crippen molar-refractivity contribution < 1.29 is 13.2 Å². The normalized spacial score (nSPS) is 14.1. The molecule has 1 aliphatic carbocycles. The summed E-state index contributed by atoms with van der Waals surface area (Å²) in [5, 5.41) is 3.11. The van der Waals surface area contributed by atoms with Gasteiger partial charge in [0, 0.05) is 0 Å². The van der Waals surface area contributed by atoms with Crippen LogP contribution in [0.1, 0.15) is 65.6 Å². The van der Waals surface area contributed by atoms with Gasteiger partial charge in [-0.2, -0.15) is 0 Å². The Bertz CT molecular complexity index is 1350. The van der Waals surface area contributed by atoms with Crippen molar-refractivity contribution in [3.05, 3.63) is 94.0 Å². The number of aryl methyl sites for hydroxylation is 5. The molecule has 36 heavy (non-hydrogen) atoms. The fraction of sp³-hybridized carbons (Fsp3) is 0.367. The van der Waals surface area contributed by atoms with Gasteiger partial charge in [0.25, 0.3) is 10.0 Å². The fourth-order valence-electron chi connectivity index (χ4n) is 4.89. The Balaban J connectivity index is 1.63. The summed E-state index contributed by atoms with van der Waals surface area (Å²) in [6.45, 7) is 7.45. The van der Waals surface area contributed by atoms with E-state index in [2.05, 4.69) is 23.5 Å². The maximum Gasteiger partial charge on any atom is 0.264 e. The molecule has 5 nitrogen and oxygen atoms in total. The molecular formula is C30H36N2O3S. The summed E-state index contributed by atoms with van der Waals surface area (Å²) in [6.07, 6.45) is 5.33. The zero-order chi connectivity index (χ0) is 25.9. The first kappa shape index (κ1) is 26.0. The van der Waals surface area contributed by atoms with E-state index in [1.165, 1.54) is 28.3 Å². The van der Waals surface area contributed by atoms with E-state index in [-0.39, 0.29) is 23.4 Å². The van der Waals surface area contributed by atoms with Gasteiger partial charge in [-0.1, -0.05) is 55.0 Å². The number of nitrogens with one attached hydrogen (secondary N) is 1. The number of fused-ring (bicyclic) bond motifs is 1. The molecule has 0 spiro atoms. The minimum atomic E-state index is -3.95. The number of nitrogens with zero attached hydrogens (tertiary/aromatic N) is 1. The molecule has 1 N–H and O–H groups in total. The van der Waals surface area contributed by atoms with Crippen LogP contribution >= 0.6 is 0 Å². The lowest BCUT2D eigenvalue weighted by molar-refractivity contribution is -0.120. The third-order valence-electron chi connectivity index (χ3n) is 7.05. The molecule has 0 bridgehead atoms. The molecule has 1 aliphatic rings. The third kappa shape index (κ3) is 5.65. The van der Waals surface area contributed by atoms with Crippen LogP contribution in [0.4, 0.5) is 5.69 Å². The number of carbonyl (C=O) groups excluding carboxylic acids is 1. The number of benzene rings is 3. The average Bonchev–Trinajstić information content (AvgIpc) is 2.87. The largest absolute Gasteiger partial charge is 0.348 e. The first-order chi connectivity index (χ1) is 17.2. The molecule has 0 radical (unpaired) electrons. The minimum Gasteiger partial charge on any atom is -0.348 e. The van der Waals surface area contributed by atoms with Crippen molar-refractivity contribution in [2.24, 2.45) is 0 Å². The molecule has 0 unspecified atom stereocenters. The van der Waals surface area contributed by atoms with Crippen LogP contribution in [0.25, 0.3) is 0 Å². The molecular weight excluding hydrogens is 468 g/mol. The molecule has 6 heteroatoms. The lowest BCUT2D eigenvalue weighted by atomic mass is 9.89. The van der Waals surface area contributed by atoms with Crippen LogP contribution in [0.2, 0.25) is 0 Å². The number of hydrogen-bond donors (Lipinski definition) is 1. The van der Waals surface area contributed by atoms with Gasteiger partial charge in [-0.3, -0.25) is 9.10 Å². The highest BCUT2D eigenvalue weighted by atomic mass is 32.2. The molecule has 190 valence electrons. The van der Waals surface area contributed by atoms with Crippen molar-refractivity contribution in [1.82, 2.24) is 5.32 Å². The van der Waals surface area contributed by atoms with Crippen molar-refractivity contribution >= 4 is 21.6 Å². The minimum absolute atomic E-state index is 0.170. The van der Waals surface area contributed by atoms with Crippen LogP contribution in [0.3, 0.4) is 0 Å². The van der Waals surface area contributed by atoms with E-state index in [1.54, 1.807) is 24.3 Å². The smallest absolute Gasteiger partial charge is 0.264 e. The molecule has 0 aliphatic heterocycles. The standard InChI is InChI=1S/C30H36N2O3S/c1-5-28(26-15-14-24-8-6-7-9-25(24)19-26)31-30(33)20-32(29-18-22(3)10-13-23(29)4)36(34,35)27-16-11-21(2)12-17-27/h10-19,28H,5-9,20H2,1-4H3,(H,31,33)/t28-/m0/s1. The van der Waals surface area contributed by atoms with E-state index >= 15 is 0 Å². The van der Waals surface area contributed by atoms with E-state index in [1.807, 2.05) is 45.9 Å². The fourth-order valence-corrected chi connectivity index (χ4v) is 6.36. The maximum absolute atomic E-state index is 13.8. The molecule has 0 saturated heterocycles. The highest BCUT2D eigenvalue weighted by Gasteiger charge is 2.29. The van der Waals surface area contributed by atoms with Crippen LogP contribution in [0.5, 0.6) is 0 Å². The van der Waals surface area contributed by atoms with Crippen molar-refractivity contribution in [1.29, 1.82) is 0 Å². The van der Waals surface area contributed by atoms with Crippen molar-refractivity contribution in [3.8, 4) is 0 Å². The van der Waals surface area contributed by atoms with E-state index in [0.29, 0.717) is 5.69 Å². The Morgan fingerprint density at radius 2 is 1.56 bits per heavy atom. The molecule has 0 saturated carbocycles. The molecule has 0 aromatic heterocycles. The average molecular weight is 505 g/mol. The Hall–Kier alpha value is -3.12. The lowest BCUT2D eigenvalue weighted by Crippen LogP contribution is -2.42. The quantitative estimate of drug-likeness (QED) is 0.412. The number of carbonyl (C=O) groups is 1. The zero-order valence-electron chi connectivity index (χ0n) is 21.7. The van der Waals surface area contributed by atoms with Gasteiger partial charge in [-0.25, -0.2) is 8.42 Å². The Kier molecular flexibility index (Phi) is 7.84.